The quantitative estimate of drug-likeness (QED) is 0.813. The van der Waals surface area contributed by atoms with Gasteiger partial charge in [-0.25, -0.2) is 4.39 Å². The highest BCUT2D eigenvalue weighted by atomic mass is 19.1. The lowest BCUT2D eigenvalue weighted by molar-refractivity contribution is -0.130. The van der Waals surface area contributed by atoms with Gasteiger partial charge in [0.2, 0.25) is 5.91 Å². The maximum atomic E-state index is 13.1. The fraction of sp³-hybridized carbons (Fsp3) is 0.278. The smallest absolute Gasteiger partial charge is 0.223 e. The Hall–Kier alpha value is -2.16. The average molecular weight is 285 g/mol. The van der Waals surface area contributed by atoms with Gasteiger partial charge in [0.1, 0.15) is 5.82 Å². The van der Waals surface area contributed by atoms with E-state index in [-0.39, 0.29) is 17.6 Å². The van der Waals surface area contributed by atoms with Crippen LogP contribution in [0.2, 0.25) is 0 Å². The zero-order valence-corrected chi connectivity index (χ0v) is 12.4. The van der Waals surface area contributed by atoms with Crippen LogP contribution in [0.25, 0.3) is 0 Å². The Labute approximate surface area is 125 Å². The summed E-state index contributed by atoms with van der Waals surface area (Å²) in [4.78, 5) is 13.9. The lowest BCUT2D eigenvalue weighted by Crippen LogP contribution is -2.27. The predicted octanol–water partition coefficient (Wildman–Crippen LogP) is 3.98. The maximum Gasteiger partial charge on any atom is 0.223 e. The second-order valence-corrected chi connectivity index (χ2v) is 5.40. The van der Waals surface area contributed by atoms with Crippen molar-refractivity contribution in [1.82, 2.24) is 4.90 Å². The Morgan fingerprint density at radius 3 is 2.52 bits per heavy atom. The molecule has 2 nitrogen and oxygen atoms in total. The van der Waals surface area contributed by atoms with Crippen molar-refractivity contribution in [3.8, 4) is 0 Å². The van der Waals surface area contributed by atoms with Crippen LogP contribution in [0.1, 0.15) is 30.4 Å². The Kier molecular flexibility index (Phi) is 5.09. The molecule has 2 aromatic carbocycles. The fourth-order valence-electron chi connectivity index (χ4n) is 2.31. The van der Waals surface area contributed by atoms with Crippen molar-refractivity contribution in [2.45, 2.75) is 25.8 Å². The first-order chi connectivity index (χ1) is 10.1. The van der Waals surface area contributed by atoms with Crippen molar-refractivity contribution in [1.29, 1.82) is 0 Å². The molecule has 0 aliphatic rings. The van der Waals surface area contributed by atoms with Gasteiger partial charge in [0.25, 0.3) is 0 Å². The van der Waals surface area contributed by atoms with Crippen molar-refractivity contribution >= 4 is 5.91 Å². The van der Waals surface area contributed by atoms with E-state index in [4.69, 9.17) is 0 Å². The van der Waals surface area contributed by atoms with Crippen LogP contribution < -0.4 is 0 Å². The number of rotatable bonds is 5. The van der Waals surface area contributed by atoms with Crippen LogP contribution in [0.15, 0.2) is 54.6 Å². The Morgan fingerprint density at radius 1 is 1.14 bits per heavy atom. The number of carbonyl (C=O) groups excluding carboxylic acids is 1. The summed E-state index contributed by atoms with van der Waals surface area (Å²) in [6.07, 6.45) is 0.454. The Balaban J connectivity index is 1.94. The first-order valence-corrected chi connectivity index (χ1v) is 7.09. The van der Waals surface area contributed by atoms with Crippen LogP contribution in [-0.4, -0.2) is 17.9 Å². The van der Waals surface area contributed by atoms with Crippen LogP contribution in [0.4, 0.5) is 4.39 Å². The van der Waals surface area contributed by atoms with E-state index in [0.717, 1.165) is 11.1 Å². The lowest BCUT2D eigenvalue weighted by Gasteiger charge is -2.20. The van der Waals surface area contributed by atoms with Gasteiger partial charge in [0, 0.05) is 20.0 Å². The largest absolute Gasteiger partial charge is 0.341 e. The molecule has 2 rings (SSSR count). The minimum Gasteiger partial charge on any atom is -0.341 e. The van der Waals surface area contributed by atoms with Gasteiger partial charge in [0.05, 0.1) is 0 Å². The molecule has 0 heterocycles. The number of halogens is 1. The molecule has 0 aromatic heterocycles. The van der Waals surface area contributed by atoms with E-state index < -0.39 is 0 Å². The third-order valence-corrected chi connectivity index (χ3v) is 3.58. The van der Waals surface area contributed by atoms with E-state index in [0.29, 0.717) is 13.0 Å². The standard InChI is InChI=1S/C18H20FNO/c1-14(16-8-4-3-5-9-16)11-18(21)20(2)13-15-7-6-10-17(19)12-15/h3-10,12,14H,11,13H2,1-2H3. The van der Waals surface area contributed by atoms with Gasteiger partial charge in [-0.2, -0.15) is 0 Å². The highest BCUT2D eigenvalue weighted by Crippen LogP contribution is 2.19. The number of amides is 1. The zero-order chi connectivity index (χ0) is 15.2. The Morgan fingerprint density at radius 2 is 1.86 bits per heavy atom. The summed E-state index contributed by atoms with van der Waals surface area (Å²) in [5, 5.41) is 0. The summed E-state index contributed by atoms with van der Waals surface area (Å²) in [6.45, 7) is 2.47. The van der Waals surface area contributed by atoms with Crippen molar-refractivity contribution < 1.29 is 9.18 Å². The third kappa shape index (κ3) is 4.42. The second-order valence-electron chi connectivity index (χ2n) is 5.40. The first kappa shape index (κ1) is 15.2. The molecule has 0 aliphatic heterocycles. The molecule has 0 N–H and O–H groups in total. The molecule has 0 saturated heterocycles. The molecule has 0 fully saturated rings. The molecular formula is C18H20FNO. The summed E-state index contributed by atoms with van der Waals surface area (Å²) >= 11 is 0. The molecule has 0 spiro atoms. The minimum atomic E-state index is -0.272. The van der Waals surface area contributed by atoms with E-state index in [1.54, 1.807) is 18.0 Å². The number of hydrogen-bond acceptors (Lipinski definition) is 1. The number of benzene rings is 2. The van der Waals surface area contributed by atoms with E-state index >= 15 is 0 Å². The summed E-state index contributed by atoms with van der Waals surface area (Å²) < 4.78 is 13.1. The van der Waals surface area contributed by atoms with Crippen molar-refractivity contribution in [2.75, 3.05) is 7.05 Å². The number of hydrogen-bond donors (Lipinski definition) is 0. The number of carbonyl (C=O) groups is 1. The lowest BCUT2D eigenvalue weighted by atomic mass is 9.97. The van der Waals surface area contributed by atoms with Crippen molar-refractivity contribution in [3.05, 3.63) is 71.5 Å². The molecule has 1 unspecified atom stereocenters. The van der Waals surface area contributed by atoms with E-state index in [1.807, 2.05) is 43.3 Å². The highest BCUT2D eigenvalue weighted by Gasteiger charge is 2.15. The summed E-state index contributed by atoms with van der Waals surface area (Å²) in [6, 6.07) is 16.3. The van der Waals surface area contributed by atoms with Gasteiger partial charge in [0.15, 0.2) is 0 Å². The summed E-state index contributed by atoms with van der Waals surface area (Å²) in [5.74, 6) is -0.0322. The van der Waals surface area contributed by atoms with Gasteiger partial charge < -0.3 is 4.90 Å². The molecule has 1 amide bonds. The van der Waals surface area contributed by atoms with Gasteiger partial charge in [-0.15, -0.1) is 0 Å². The maximum absolute atomic E-state index is 13.1. The molecule has 0 bridgehead atoms. The monoisotopic (exact) mass is 285 g/mol. The van der Waals surface area contributed by atoms with E-state index in [9.17, 15) is 9.18 Å². The van der Waals surface area contributed by atoms with Crippen LogP contribution >= 0.6 is 0 Å². The Bertz CT molecular complexity index is 597. The molecule has 0 aliphatic carbocycles. The van der Waals surface area contributed by atoms with Gasteiger partial charge >= 0.3 is 0 Å². The summed E-state index contributed by atoms with van der Waals surface area (Å²) in [5.41, 5.74) is 1.96. The van der Waals surface area contributed by atoms with Crippen LogP contribution in [0.5, 0.6) is 0 Å². The van der Waals surface area contributed by atoms with Crippen LogP contribution in [-0.2, 0) is 11.3 Å². The molecule has 1 atom stereocenters. The molecule has 110 valence electrons. The van der Waals surface area contributed by atoms with E-state index in [1.165, 1.54) is 12.1 Å². The minimum absolute atomic E-state index is 0.0654. The van der Waals surface area contributed by atoms with Crippen molar-refractivity contribution in [3.63, 3.8) is 0 Å². The average Bonchev–Trinajstić information content (AvgIpc) is 2.48. The second kappa shape index (κ2) is 7.02. The molecule has 0 saturated carbocycles. The third-order valence-electron chi connectivity index (χ3n) is 3.58. The first-order valence-electron chi connectivity index (χ1n) is 7.09. The van der Waals surface area contributed by atoms with Gasteiger partial charge in [-0.1, -0.05) is 49.4 Å². The molecule has 0 radical (unpaired) electrons. The van der Waals surface area contributed by atoms with Crippen LogP contribution in [0.3, 0.4) is 0 Å². The van der Waals surface area contributed by atoms with Gasteiger partial charge in [-0.05, 0) is 29.2 Å². The van der Waals surface area contributed by atoms with Crippen molar-refractivity contribution in [2.24, 2.45) is 0 Å². The molecule has 2 aromatic rings. The van der Waals surface area contributed by atoms with Gasteiger partial charge in [-0.3, -0.25) is 4.79 Å². The van der Waals surface area contributed by atoms with Crippen LogP contribution in [0, 0.1) is 5.82 Å². The predicted molar refractivity (Wildman–Crippen MR) is 82.3 cm³/mol. The number of nitrogens with zero attached hydrogens (tertiary/aromatic N) is 1. The molecule has 3 heteroatoms. The van der Waals surface area contributed by atoms with E-state index in [2.05, 4.69) is 0 Å². The fourth-order valence-corrected chi connectivity index (χ4v) is 2.31. The SMILES string of the molecule is CC(CC(=O)N(C)Cc1cccc(F)c1)c1ccccc1. The summed E-state index contributed by atoms with van der Waals surface area (Å²) in [7, 11) is 1.75. The highest BCUT2D eigenvalue weighted by molar-refractivity contribution is 5.76. The zero-order valence-electron chi connectivity index (χ0n) is 12.4. The topological polar surface area (TPSA) is 20.3 Å². The molecular weight excluding hydrogens is 265 g/mol. The molecule has 21 heavy (non-hydrogen) atoms. The normalized spacial score (nSPS) is 12.0.